The fraction of sp³-hybridized carbons (Fsp3) is 0.400. The fourth-order valence-corrected chi connectivity index (χ4v) is 4.13. The molecule has 188 valence electrons. The number of likely N-dealkylation sites (tertiary alicyclic amines) is 1. The van der Waals surface area contributed by atoms with Gasteiger partial charge in [0, 0.05) is 6.42 Å². The summed E-state index contributed by atoms with van der Waals surface area (Å²) in [6.45, 7) is 2.12. The summed E-state index contributed by atoms with van der Waals surface area (Å²) in [6.07, 6.45) is -2.99. The first-order valence-corrected chi connectivity index (χ1v) is 11.1. The van der Waals surface area contributed by atoms with Crippen molar-refractivity contribution in [2.45, 2.75) is 50.8 Å². The normalized spacial score (nSPS) is 18.5. The highest BCUT2D eigenvalue weighted by atomic mass is 19.3. The van der Waals surface area contributed by atoms with Crippen LogP contribution < -0.4 is 10.1 Å². The number of aliphatic hydroxyl groups excluding tert-OH is 1. The maximum Gasteiger partial charge on any atom is 0.326 e. The Kier molecular flexibility index (Phi) is 8.06. The molecule has 0 bridgehead atoms. The molecule has 10 heteroatoms. The van der Waals surface area contributed by atoms with E-state index in [0.29, 0.717) is 16.2 Å². The molecule has 1 fully saturated rings. The molecule has 0 radical (unpaired) electrons. The number of aliphatic carboxylic acids is 1. The van der Waals surface area contributed by atoms with E-state index in [1.807, 2.05) is 32.0 Å². The lowest BCUT2D eigenvalue weighted by atomic mass is 10.00. The molecule has 3 rings (SSSR count). The zero-order chi connectivity index (χ0) is 25.8. The average Bonchev–Trinajstić information content (AvgIpc) is 3.14. The van der Waals surface area contributed by atoms with Crippen molar-refractivity contribution in [2.75, 3.05) is 13.2 Å². The Morgan fingerprint density at radius 1 is 1.11 bits per heavy atom. The van der Waals surface area contributed by atoms with E-state index in [1.54, 1.807) is 30.3 Å². The van der Waals surface area contributed by atoms with Crippen LogP contribution in [0.25, 0.3) is 0 Å². The van der Waals surface area contributed by atoms with Crippen LogP contribution in [0.4, 0.5) is 8.78 Å². The number of rotatable bonds is 9. The Morgan fingerprint density at radius 3 is 2.34 bits per heavy atom. The lowest BCUT2D eigenvalue weighted by molar-refractivity contribution is -0.153. The summed E-state index contributed by atoms with van der Waals surface area (Å²) >= 11 is 0. The van der Waals surface area contributed by atoms with Gasteiger partial charge in [-0.25, -0.2) is 13.6 Å². The highest BCUT2D eigenvalue weighted by Crippen LogP contribution is 2.33. The van der Waals surface area contributed by atoms with Crippen LogP contribution in [0.1, 0.15) is 23.1 Å². The van der Waals surface area contributed by atoms with Gasteiger partial charge in [-0.2, -0.15) is 0 Å². The summed E-state index contributed by atoms with van der Waals surface area (Å²) in [4.78, 5) is 37.5. The molecule has 2 aromatic carbocycles. The van der Waals surface area contributed by atoms with E-state index < -0.39 is 61.5 Å². The zero-order valence-electron chi connectivity index (χ0n) is 19.4. The number of para-hydroxylation sites is 1. The number of hydrogen-bond donors (Lipinski definition) is 3. The van der Waals surface area contributed by atoms with E-state index in [4.69, 9.17) is 4.74 Å². The largest absolute Gasteiger partial charge is 0.483 e. The second-order valence-electron chi connectivity index (χ2n) is 8.70. The predicted molar refractivity (Wildman–Crippen MR) is 122 cm³/mol. The molecule has 2 amide bonds. The van der Waals surface area contributed by atoms with Gasteiger partial charge >= 0.3 is 5.97 Å². The molecule has 3 N–H and O–H groups in total. The number of carbonyl (C=O) groups excluding carboxylic acids is 2. The van der Waals surface area contributed by atoms with Crippen LogP contribution in [0.3, 0.4) is 0 Å². The summed E-state index contributed by atoms with van der Waals surface area (Å²) in [6, 6.07) is 11.2. The molecule has 35 heavy (non-hydrogen) atoms. The van der Waals surface area contributed by atoms with Gasteiger partial charge in [0.05, 0.1) is 12.6 Å². The second-order valence-corrected chi connectivity index (χ2v) is 8.70. The number of benzene rings is 2. The minimum absolute atomic E-state index is 0.00481. The molecule has 0 aliphatic carbocycles. The van der Waals surface area contributed by atoms with Crippen molar-refractivity contribution in [3.05, 3.63) is 65.2 Å². The smallest absolute Gasteiger partial charge is 0.326 e. The lowest BCUT2D eigenvalue weighted by Gasteiger charge is -2.29. The van der Waals surface area contributed by atoms with E-state index in [2.05, 4.69) is 5.32 Å². The number of ether oxygens (including phenoxy) is 1. The van der Waals surface area contributed by atoms with Gasteiger partial charge < -0.3 is 25.2 Å². The molecule has 2 aromatic rings. The summed E-state index contributed by atoms with van der Waals surface area (Å²) in [5.74, 6) is -6.28. The van der Waals surface area contributed by atoms with E-state index in [-0.39, 0.29) is 6.42 Å². The molecule has 1 saturated heterocycles. The average molecular weight is 491 g/mol. The van der Waals surface area contributed by atoms with Gasteiger partial charge in [0.1, 0.15) is 11.8 Å². The van der Waals surface area contributed by atoms with Crippen LogP contribution in [0.2, 0.25) is 0 Å². The molecule has 1 aliphatic rings. The Morgan fingerprint density at radius 2 is 1.74 bits per heavy atom. The number of aliphatic hydroxyl groups is 1. The quantitative estimate of drug-likeness (QED) is 0.496. The molecule has 0 saturated carbocycles. The van der Waals surface area contributed by atoms with Crippen LogP contribution >= 0.6 is 0 Å². The van der Waals surface area contributed by atoms with Gasteiger partial charge in [-0.3, -0.25) is 9.59 Å². The van der Waals surface area contributed by atoms with E-state index >= 15 is 0 Å². The maximum atomic E-state index is 13.9. The highest BCUT2D eigenvalue weighted by molar-refractivity contribution is 5.88. The number of amides is 2. The monoisotopic (exact) mass is 490 g/mol. The number of alkyl halides is 2. The third-order valence-electron chi connectivity index (χ3n) is 5.87. The first kappa shape index (κ1) is 26.1. The van der Waals surface area contributed by atoms with Crippen molar-refractivity contribution < 1.29 is 38.1 Å². The zero-order valence-corrected chi connectivity index (χ0v) is 19.4. The van der Waals surface area contributed by atoms with Crippen LogP contribution in [0.15, 0.2) is 48.5 Å². The topological polar surface area (TPSA) is 116 Å². The maximum absolute atomic E-state index is 13.9. The van der Waals surface area contributed by atoms with Crippen molar-refractivity contribution in [3.63, 3.8) is 0 Å². The number of aryl methyl sites for hydroxylation is 2. The molecule has 0 aromatic heterocycles. The predicted octanol–water partition coefficient (Wildman–Crippen LogP) is 2.09. The van der Waals surface area contributed by atoms with E-state index in [0.717, 1.165) is 11.1 Å². The number of carboxylic acid groups (broad SMARTS) is 1. The summed E-state index contributed by atoms with van der Waals surface area (Å²) in [5, 5.41) is 22.6. The number of nitrogens with zero attached hydrogens (tertiary/aromatic N) is 1. The molecular formula is C25H28F2N2O6. The number of carbonyl (C=O) groups is 3. The Balaban J connectivity index is 1.76. The standard InChI is InChI=1S/C25H28F2N2O6/c1-15-7-6-8-16(2)22(15)35-13-20(30)28-18(11-17-9-4-3-5-10-17)21(31)23(32)29-14-25(26,27)12-19(29)24(33)34/h3-10,18-19,21,31H,11-14H2,1-2H3,(H,28,30)(H,33,34). The van der Waals surface area contributed by atoms with Crippen molar-refractivity contribution in [3.8, 4) is 5.75 Å². The van der Waals surface area contributed by atoms with Gasteiger partial charge in [-0.05, 0) is 37.0 Å². The van der Waals surface area contributed by atoms with Crippen molar-refractivity contribution in [2.24, 2.45) is 0 Å². The molecule has 1 heterocycles. The first-order chi connectivity index (χ1) is 16.5. The summed E-state index contributed by atoms with van der Waals surface area (Å²) in [5.41, 5.74) is 2.31. The lowest BCUT2D eigenvalue weighted by Crippen LogP contribution is -2.55. The third-order valence-corrected chi connectivity index (χ3v) is 5.87. The van der Waals surface area contributed by atoms with Crippen LogP contribution in [-0.4, -0.2) is 70.2 Å². The Hall–Kier alpha value is -3.53. The summed E-state index contributed by atoms with van der Waals surface area (Å²) in [7, 11) is 0. The molecule has 0 spiro atoms. The molecule has 1 aliphatic heterocycles. The van der Waals surface area contributed by atoms with Gasteiger partial charge in [0.25, 0.3) is 17.7 Å². The van der Waals surface area contributed by atoms with Crippen LogP contribution in [0.5, 0.6) is 5.75 Å². The molecular weight excluding hydrogens is 462 g/mol. The van der Waals surface area contributed by atoms with E-state index in [9.17, 15) is 33.4 Å². The van der Waals surface area contributed by atoms with Gasteiger partial charge in [-0.15, -0.1) is 0 Å². The third kappa shape index (κ3) is 6.54. The molecule has 3 unspecified atom stereocenters. The number of hydrogen-bond acceptors (Lipinski definition) is 5. The Bertz CT molecular complexity index is 1060. The van der Waals surface area contributed by atoms with Crippen molar-refractivity contribution >= 4 is 17.8 Å². The van der Waals surface area contributed by atoms with Crippen molar-refractivity contribution in [1.82, 2.24) is 10.2 Å². The molecule has 8 nitrogen and oxygen atoms in total. The number of halogens is 2. The Labute approximate surface area is 201 Å². The number of nitrogens with one attached hydrogen (secondary N) is 1. The van der Waals surface area contributed by atoms with Gasteiger partial charge in [0.2, 0.25) is 0 Å². The SMILES string of the molecule is Cc1cccc(C)c1OCC(=O)NC(Cc1ccccc1)C(O)C(=O)N1CC(F)(F)CC1C(=O)O. The second kappa shape index (κ2) is 10.8. The first-order valence-electron chi connectivity index (χ1n) is 11.1. The minimum Gasteiger partial charge on any atom is -0.483 e. The van der Waals surface area contributed by atoms with Crippen LogP contribution in [-0.2, 0) is 20.8 Å². The van der Waals surface area contributed by atoms with Crippen LogP contribution in [0, 0.1) is 13.8 Å². The molecule has 3 atom stereocenters. The fourth-order valence-electron chi connectivity index (χ4n) is 4.13. The van der Waals surface area contributed by atoms with Gasteiger partial charge in [0.15, 0.2) is 12.7 Å². The van der Waals surface area contributed by atoms with E-state index in [1.165, 1.54) is 0 Å². The summed E-state index contributed by atoms with van der Waals surface area (Å²) < 4.78 is 33.4. The minimum atomic E-state index is -3.39. The van der Waals surface area contributed by atoms with Gasteiger partial charge in [-0.1, -0.05) is 48.5 Å². The number of carboxylic acids is 1. The van der Waals surface area contributed by atoms with Crippen molar-refractivity contribution in [1.29, 1.82) is 0 Å². The highest BCUT2D eigenvalue weighted by Gasteiger charge is 2.51.